The highest BCUT2D eigenvalue weighted by molar-refractivity contribution is 4.80. The third-order valence-electron chi connectivity index (χ3n) is 2.29. The van der Waals surface area contributed by atoms with Gasteiger partial charge in [0.05, 0.1) is 13.2 Å². The van der Waals surface area contributed by atoms with Crippen LogP contribution in [0.15, 0.2) is 6.33 Å². The minimum absolute atomic E-state index is 0.0425. The molecule has 0 aromatic carbocycles. The van der Waals surface area contributed by atoms with E-state index in [0.717, 1.165) is 0 Å². The van der Waals surface area contributed by atoms with Crippen LogP contribution < -0.4 is 5.32 Å². The smallest absolute Gasteiger partial charge is 0.383 e. The molecule has 0 unspecified atom stereocenters. The summed E-state index contributed by atoms with van der Waals surface area (Å²) >= 11 is 0. The van der Waals surface area contributed by atoms with E-state index in [9.17, 15) is 13.2 Å². The number of halogens is 3. The first-order valence-corrected chi connectivity index (χ1v) is 6.24. The summed E-state index contributed by atoms with van der Waals surface area (Å²) in [6.45, 7) is 1.15. The molecule has 1 aromatic rings. The first-order valence-electron chi connectivity index (χ1n) is 6.24. The van der Waals surface area contributed by atoms with Crippen LogP contribution in [0.25, 0.3) is 0 Å². The summed E-state index contributed by atoms with van der Waals surface area (Å²) in [5.74, 6) is 0.636. The fraction of sp³-hybridized carbons (Fsp3) is 0.818. The zero-order valence-electron chi connectivity index (χ0n) is 11.3. The molecule has 1 rings (SSSR count). The minimum atomic E-state index is -4.27. The topological polar surface area (TPSA) is 61.2 Å². The maximum Gasteiger partial charge on any atom is 0.411 e. The van der Waals surface area contributed by atoms with Crippen LogP contribution in [0.4, 0.5) is 13.2 Å². The summed E-state index contributed by atoms with van der Waals surface area (Å²) in [5.41, 5.74) is 0. The van der Waals surface area contributed by atoms with E-state index < -0.39 is 12.8 Å². The zero-order valence-corrected chi connectivity index (χ0v) is 11.3. The molecule has 9 heteroatoms. The summed E-state index contributed by atoms with van der Waals surface area (Å²) < 4.78 is 46.4. The largest absolute Gasteiger partial charge is 0.411 e. The molecule has 0 amide bonds. The first-order chi connectivity index (χ1) is 9.51. The van der Waals surface area contributed by atoms with Crippen molar-refractivity contribution < 1.29 is 22.6 Å². The highest BCUT2D eigenvalue weighted by Crippen LogP contribution is 2.14. The van der Waals surface area contributed by atoms with Gasteiger partial charge in [-0.15, -0.1) is 0 Å². The zero-order chi connectivity index (χ0) is 14.8. The Hall–Kier alpha value is -1.19. The van der Waals surface area contributed by atoms with Gasteiger partial charge in [-0.25, -0.2) is 4.98 Å². The molecule has 1 aromatic heterocycles. The van der Waals surface area contributed by atoms with Crippen molar-refractivity contribution >= 4 is 0 Å². The Morgan fingerprint density at radius 1 is 1.35 bits per heavy atom. The standard InChI is InChI=1S/C11H19F3N4O2/c1-19-6-3-15-7-10-16-9-18(17-10)4-2-5-20-8-11(12,13)14/h9,15H,2-8H2,1H3. The van der Waals surface area contributed by atoms with Gasteiger partial charge in [0.15, 0.2) is 5.82 Å². The molecule has 0 radical (unpaired) electrons. The van der Waals surface area contributed by atoms with Crippen LogP contribution in [0.5, 0.6) is 0 Å². The van der Waals surface area contributed by atoms with E-state index >= 15 is 0 Å². The number of alkyl halides is 3. The van der Waals surface area contributed by atoms with Gasteiger partial charge in [0.25, 0.3) is 0 Å². The summed E-state index contributed by atoms with van der Waals surface area (Å²) in [6.07, 6.45) is -2.26. The number of aryl methyl sites for hydroxylation is 1. The van der Waals surface area contributed by atoms with Gasteiger partial charge in [-0.05, 0) is 6.42 Å². The predicted molar refractivity (Wildman–Crippen MR) is 65.1 cm³/mol. The second-order valence-electron chi connectivity index (χ2n) is 4.11. The molecule has 0 aliphatic heterocycles. The second kappa shape index (κ2) is 8.88. The van der Waals surface area contributed by atoms with E-state index in [4.69, 9.17) is 4.74 Å². The number of nitrogens with zero attached hydrogens (tertiary/aromatic N) is 3. The Balaban J connectivity index is 2.11. The van der Waals surface area contributed by atoms with Crippen LogP contribution in [0.1, 0.15) is 12.2 Å². The number of rotatable bonds is 10. The van der Waals surface area contributed by atoms with E-state index in [-0.39, 0.29) is 6.61 Å². The first kappa shape index (κ1) is 16.9. The Labute approximate surface area is 115 Å². The van der Waals surface area contributed by atoms with Crippen LogP contribution >= 0.6 is 0 Å². The van der Waals surface area contributed by atoms with Gasteiger partial charge in [0, 0.05) is 26.8 Å². The molecule has 6 nitrogen and oxygen atoms in total. The molecular formula is C11H19F3N4O2. The van der Waals surface area contributed by atoms with Gasteiger partial charge in [0.1, 0.15) is 12.9 Å². The lowest BCUT2D eigenvalue weighted by Crippen LogP contribution is -2.19. The van der Waals surface area contributed by atoms with Crippen molar-refractivity contribution in [2.24, 2.45) is 0 Å². The van der Waals surface area contributed by atoms with Crippen molar-refractivity contribution in [3.05, 3.63) is 12.2 Å². The number of ether oxygens (including phenoxy) is 2. The van der Waals surface area contributed by atoms with Crippen molar-refractivity contribution in [2.75, 3.05) is 33.5 Å². The van der Waals surface area contributed by atoms with Gasteiger partial charge in [-0.2, -0.15) is 18.3 Å². The van der Waals surface area contributed by atoms with Gasteiger partial charge in [-0.3, -0.25) is 4.68 Å². The summed E-state index contributed by atoms with van der Waals surface area (Å²) in [7, 11) is 1.62. The van der Waals surface area contributed by atoms with E-state index in [1.54, 1.807) is 18.1 Å². The molecule has 0 spiro atoms. The number of nitrogens with one attached hydrogen (secondary N) is 1. The Morgan fingerprint density at radius 2 is 2.15 bits per heavy atom. The van der Waals surface area contributed by atoms with Gasteiger partial charge < -0.3 is 14.8 Å². The lowest BCUT2D eigenvalue weighted by Gasteiger charge is -2.07. The predicted octanol–water partition coefficient (Wildman–Crippen LogP) is 0.983. The van der Waals surface area contributed by atoms with Crippen molar-refractivity contribution in [1.82, 2.24) is 20.1 Å². The number of aromatic nitrogens is 3. The summed E-state index contributed by atoms with van der Waals surface area (Å²) in [6, 6.07) is 0. The highest BCUT2D eigenvalue weighted by Gasteiger charge is 2.27. The molecule has 116 valence electrons. The molecule has 0 aliphatic carbocycles. The molecule has 20 heavy (non-hydrogen) atoms. The molecule has 1 heterocycles. The lowest BCUT2D eigenvalue weighted by molar-refractivity contribution is -0.174. The normalized spacial score (nSPS) is 12.0. The summed E-state index contributed by atoms with van der Waals surface area (Å²) in [5, 5.41) is 7.27. The van der Waals surface area contributed by atoms with Crippen LogP contribution in [-0.2, 0) is 22.6 Å². The van der Waals surface area contributed by atoms with Crippen molar-refractivity contribution in [1.29, 1.82) is 0 Å². The maximum absolute atomic E-state index is 11.8. The molecule has 0 saturated heterocycles. The highest BCUT2D eigenvalue weighted by atomic mass is 19.4. The average molecular weight is 296 g/mol. The van der Waals surface area contributed by atoms with Crippen molar-refractivity contribution in [3.8, 4) is 0 Å². The van der Waals surface area contributed by atoms with Crippen LogP contribution in [0, 0.1) is 0 Å². The second-order valence-corrected chi connectivity index (χ2v) is 4.11. The third-order valence-corrected chi connectivity index (χ3v) is 2.29. The van der Waals surface area contributed by atoms with Crippen LogP contribution in [-0.4, -0.2) is 54.4 Å². The van der Waals surface area contributed by atoms with E-state index in [0.29, 0.717) is 38.5 Å². The van der Waals surface area contributed by atoms with Crippen molar-refractivity contribution in [2.45, 2.75) is 25.7 Å². The molecule has 0 aliphatic rings. The maximum atomic E-state index is 11.8. The molecule has 0 atom stereocenters. The summed E-state index contributed by atoms with van der Waals surface area (Å²) in [4.78, 5) is 4.08. The number of methoxy groups -OCH3 is 1. The van der Waals surface area contributed by atoms with E-state index in [2.05, 4.69) is 20.1 Å². The Bertz CT molecular complexity index is 371. The number of hydrogen-bond acceptors (Lipinski definition) is 5. The van der Waals surface area contributed by atoms with Crippen LogP contribution in [0.2, 0.25) is 0 Å². The fourth-order valence-electron chi connectivity index (χ4n) is 1.41. The average Bonchev–Trinajstić information content (AvgIpc) is 2.81. The van der Waals surface area contributed by atoms with Gasteiger partial charge >= 0.3 is 6.18 Å². The van der Waals surface area contributed by atoms with Gasteiger partial charge in [0.2, 0.25) is 0 Å². The molecule has 1 N–H and O–H groups in total. The Kier molecular flexibility index (Phi) is 7.48. The monoisotopic (exact) mass is 296 g/mol. The van der Waals surface area contributed by atoms with Gasteiger partial charge in [-0.1, -0.05) is 0 Å². The minimum Gasteiger partial charge on any atom is -0.383 e. The Morgan fingerprint density at radius 3 is 2.85 bits per heavy atom. The number of hydrogen-bond donors (Lipinski definition) is 1. The molecular weight excluding hydrogens is 277 g/mol. The van der Waals surface area contributed by atoms with E-state index in [1.165, 1.54) is 0 Å². The SMILES string of the molecule is COCCNCc1ncn(CCCOCC(F)(F)F)n1. The van der Waals surface area contributed by atoms with Crippen LogP contribution in [0.3, 0.4) is 0 Å². The lowest BCUT2D eigenvalue weighted by atomic mass is 10.4. The fourth-order valence-corrected chi connectivity index (χ4v) is 1.41. The van der Waals surface area contributed by atoms with Crippen molar-refractivity contribution in [3.63, 3.8) is 0 Å². The molecule has 0 fully saturated rings. The molecule has 0 saturated carbocycles. The quantitative estimate of drug-likeness (QED) is 0.652. The third kappa shape index (κ3) is 8.08. The van der Waals surface area contributed by atoms with E-state index in [1.807, 2.05) is 0 Å². The molecule has 0 bridgehead atoms.